The predicted molar refractivity (Wildman–Crippen MR) is 33.0 cm³/mol. The second-order valence-corrected chi connectivity index (χ2v) is 2.95. The van der Waals surface area contributed by atoms with Gasteiger partial charge in [-0.2, -0.15) is 0 Å². The van der Waals surface area contributed by atoms with Crippen LogP contribution in [-0.2, 0) is 0 Å². The van der Waals surface area contributed by atoms with Crippen LogP contribution < -0.4 is 0 Å². The van der Waals surface area contributed by atoms with Gasteiger partial charge in [-0.15, -0.1) is 0 Å². The van der Waals surface area contributed by atoms with Gasteiger partial charge in [0.15, 0.2) is 0 Å². The van der Waals surface area contributed by atoms with Gasteiger partial charge in [0.1, 0.15) is 0 Å². The number of halogens is 3. The molecule has 8 heavy (non-hydrogen) atoms. The van der Waals surface area contributed by atoms with E-state index in [9.17, 15) is 10.1 Å². The summed E-state index contributed by atoms with van der Waals surface area (Å²) in [6.07, 6.45) is 0. The van der Waals surface area contributed by atoms with Crippen molar-refractivity contribution in [3.8, 4) is 0 Å². The smallest absolute Gasteiger partial charge is 0.260 e. The second kappa shape index (κ2) is 4.14. The monoisotopic (exact) mass is 186 g/mol. The van der Waals surface area contributed by atoms with Crippen LogP contribution in [0.15, 0.2) is 0 Å². The number of rotatable bonds is 0. The third kappa shape index (κ3) is 5.41. The zero-order valence-corrected chi connectivity index (χ0v) is 8.17. The van der Waals surface area contributed by atoms with Crippen LogP contribution in [0.2, 0.25) is 0 Å². The molecule has 0 saturated heterocycles. The molecule has 3 nitrogen and oxygen atoms in total. The van der Waals surface area contributed by atoms with E-state index in [1.165, 1.54) is 0 Å². The molecule has 0 atom stereocenters. The van der Waals surface area contributed by atoms with Crippen molar-refractivity contribution in [3.63, 3.8) is 0 Å². The van der Waals surface area contributed by atoms with E-state index in [1.54, 1.807) is 0 Å². The maximum absolute atomic E-state index is 9.43. The largest absolute Gasteiger partial charge is 0.449 e. The number of nitro groups is 1. The van der Waals surface area contributed by atoms with Gasteiger partial charge in [0.05, 0.1) is 4.92 Å². The fourth-order valence-corrected chi connectivity index (χ4v) is 0. The number of nitrogens with zero attached hydrogens (tertiary/aromatic N) is 1. The van der Waals surface area contributed by atoms with Gasteiger partial charge in [-0.1, -0.05) is 0 Å². The minimum Gasteiger partial charge on any atom is -0.260 e. The molecule has 0 heterocycles. The van der Waals surface area contributed by atoms with Crippen molar-refractivity contribution in [1.82, 2.24) is 0 Å². The molecule has 7 heteroatoms. The normalized spacial score (nSPS) is 9.88. The fraction of sp³-hybridized carbons (Fsp3) is 1.00. The summed E-state index contributed by atoms with van der Waals surface area (Å²) in [5.74, 6) is 0. The first-order valence-electron chi connectivity index (χ1n) is 1.16. The molecule has 0 aromatic carbocycles. The SMILES string of the molecule is O=[N+]([O-])C(Cl)(Cl)Cl.[Na]. The summed E-state index contributed by atoms with van der Waals surface area (Å²) < 4.78 is -2.36. The summed E-state index contributed by atoms with van der Waals surface area (Å²) >= 11 is 14.1. The summed E-state index contributed by atoms with van der Waals surface area (Å²) in [6.45, 7) is 0. The Morgan fingerprint density at radius 2 is 1.50 bits per heavy atom. The Morgan fingerprint density at radius 1 is 1.38 bits per heavy atom. The zero-order chi connectivity index (χ0) is 6.08. The molecule has 0 aliphatic heterocycles. The average Bonchev–Trinajstić information content (AvgIpc) is 1.31. The quantitative estimate of drug-likeness (QED) is 0.188. The number of alkyl halides is 3. The number of hydrogen-bond donors (Lipinski definition) is 0. The van der Waals surface area contributed by atoms with Crippen molar-refractivity contribution in [1.29, 1.82) is 0 Å². The van der Waals surface area contributed by atoms with E-state index >= 15 is 0 Å². The van der Waals surface area contributed by atoms with Crippen molar-refractivity contribution in [2.45, 2.75) is 3.92 Å². The Kier molecular flexibility index (Phi) is 6.21. The molecule has 0 N–H and O–H groups in total. The van der Waals surface area contributed by atoms with E-state index in [4.69, 9.17) is 34.8 Å². The van der Waals surface area contributed by atoms with Crippen LogP contribution >= 0.6 is 34.8 Å². The molecule has 0 rings (SSSR count). The molecule has 0 aromatic heterocycles. The summed E-state index contributed by atoms with van der Waals surface area (Å²) in [5.41, 5.74) is 0. The van der Waals surface area contributed by atoms with Gasteiger partial charge >= 0.3 is 3.92 Å². The molecule has 1 radical (unpaired) electrons. The van der Waals surface area contributed by atoms with Gasteiger partial charge < -0.3 is 0 Å². The molecular weight excluding hydrogens is 187 g/mol. The predicted octanol–water partition coefficient (Wildman–Crippen LogP) is 1.21. The third-order valence-corrected chi connectivity index (χ3v) is 0.621. The van der Waals surface area contributed by atoms with Crippen molar-refractivity contribution in [3.05, 3.63) is 10.1 Å². The Bertz CT molecular complexity index is 89.8. The van der Waals surface area contributed by atoms with E-state index in [0.29, 0.717) is 0 Å². The van der Waals surface area contributed by atoms with Gasteiger partial charge in [-0.25, -0.2) is 0 Å². The van der Waals surface area contributed by atoms with E-state index in [1.807, 2.05) is 0 Å². The van der Waals surface area contributed by atoms with E-state index in [2.05, 4.69) is 0 Å². The Morgan fingerprint density at radius 3 is 1.50 bits per heavy atom. The first-order chi connectivity index (χ1) is 2.94. The topological polar surface area (TPSA) is 43.1 Å². The molecule has 0 saturated carbocycles. The maximum atomic E-state index is 9.43. The van der Waals surface area contributed by atoms with Crippen LogP contribution in [0.1, 0.15) is 0 Å². The Balaban J connectivity index is 0. The Labute approximate surface area is 82.7 Å². The summed E-state index contributed by atoms with van der Waals surface area (Å²) in [5, 5.41) is 9.43. The average molecular weight is 187 g/mol. The molecular formula is CCl3NNaO2. The van der Waals surface area contributed by atoms with Gasteiger partial charge in [-0.05, 0) is 34.8 Å². The minimum absolute atomic E-state index is 0. The van der Waals surface area contributed by atoms with Crippen LogP contribution in [0.4, 0.5) is 0 Å². The fourth-order valence-electron chi connectivity index (χ4n) is 0. The molecule has 0 unspecified atom stereocenters. The molecule has 0 bridgehead atoms. The summed E-state index contributed by atoms with van der Waals surface area (Å²) in [4.78, 5) is 8.41. The van der Waals surface area contributed by atoms with Crippen molar-refractivity contribution in [2.24, 2.45) is 0 Å². The van der Waals surface area contributed by atoms with Gasteiger partial charge in [-0.3, -0.25) is 10.1 Å². The van der Waals surface area contributed by atoms with Crippen molar-refractivity contribution < 1.29 is 4.92 Å². The van der Waals surface area contributed by atoms with Crippen LogP contribution in [-0.4, -0.2) is 38.4 Å². The third-order valence-electron chi connectivity index (χ3n) is 0.207. The maximum Gasteiger partial charge on any atom is 0.449 e. The molecule has 0 amide bonds. The summed E-state index contributed by atoms with van der Waals surface area (Å²) in [7, 11) is 0. The summed E-state index contributed by atoms with van der Waals surface area (Å²) in [6, 6.07) is 0. The first kappa shape index (κ1) is 12.0. The van der Waals surface area contributed by atoms with Gasteiger partial charge in [0, 0.05) is 29.6 Å². The molecule has 43 valence electrons. The van der Waals surface area contributed by atoms with Crippen LogP contribution in [0, 0.1) is 10.1 Å². The second-order valence-electron chi connectivity index (χ2n) is 0.725. The number of hydrogen-bond acceptors (Lipinski definition) is 2. The van der Waals surface area contributed by atoms with Gasteiger partial charge in [0.2, 0.25) is 0 Å². The first-order valence-corrected chi connectivity index (χ1v) is 2.29. The van der Waals surface area contributed by atoms with E-state index < -0.39 is 8.84 Å². The van der Waals surface area contributed by atoms with E-state index in [0.717, 1.165) is 0 Å². The Hall–Kier alpha value is 1.27. The van der Waals surface area contributed by atoms with Crippen molar-refractivity contribution >= 4 is 64.4 Å². The van der Waals surface area contributed by atoms with E-state index in [-0.39, 0.29) is 29.6 Å². The molecule has 0 spiro atoms. The standard InChI is InChI=1S/CCl3NO2.Na/c2-1(3,4)5(6)7;. The van der Waals surface area contributed by atoms with Crippen molar-refractivity contribution in [2.75, 3.05) is 0 Å². The van der Waals surface area contributed by atoms with Crippen LogP contribution in [0.5, 0.6) is 0 Å². The van der Waals surface area contributed by atoms with Crippen LogP contribution in [0.3, 0.4) is 0 Å². The molecule has 0 aliphatic carbocycles. The molecule has 0 aromatic rings. The zero-order valence-electron chi connectivity index (χ0n) is 3.90. The molecule has 0 fully saturated rings. The van der Waals surface area contributed by atoms with Crippen LogP contribution in [0.25, 0.3) is 0 Å². The van der Waals surface area contributed by atoms with Gasteiger partial charge in [0.25, 0.3) is 0 Å². The minimum atomic E-state index is -2.36. The molecule has 0 aliphatic rings.